The maximum Gasteiger partial charge on any atom is 0.251 e. The summed E-state index contributed by atoms with van der Waals surface area (Å²) < 4.78 is 0. The molecule has 4 heteroatoms. The SMILES string of the molecule is CC1CCCC(CNC(=O)c2ccc(N)c(O)c2)C1. The molecular formula is C15H22N2O2. The first-order chi connectivity index (χ1) is 9.06. The van der Waals surface area contributed by atoms with Gasteiger partial charge in [0.2, 0.25) is 0 Å². The van der Waals surface area contributed by atoms with Crippen LogP contribution in [0.5, 0.6) is 5.75 Å². The Hall–Kier alpha value is -1.71. The zero-order valence-electron chi connectivity index (χ0n) is 11.4. The zero-order valence-corrected chi connectivity index (χ0v) is 11.4. The van der Waals surface area contributed by atoms with Crippen LogP contribution in [0.2, 0.25) is 0 Å². The molecule has 0 heterocycles. The number of aromatic hydroxyl groups is 1. The molecule has 104 valence electrons. The Morgan fingerprint density at radius 1 is 1.47 bits per heavy atom. The van der Waals surface area contributed by atoms with Crippen molar-refractivity contribution in [1.82, 2.24) is 5.32 Å². The molecule has 0 radical (unpaired) electrons. The van der Waals surface area contributed by atoms with Crippen molar-refractivity contribution in [2.45, 2.75) is 32.6 Å². The average molecular weight is 262 g/mol. The number of rotatable bonds is 3. The van der Waals surface area contributed by atoms with E-state index in [0.29, 0.717) is 18.0 Å². The van der Waals surface area contributed by atoms with Crippen LogP contribution in [-0.4, -0.2) is 17.6 Å². The standard InChI is InChI=1S/C15H22N2O2/c1-10-3-2-4-11(7-10)9-17-15(19)12-5-6-13(16)14(18)8-12/h5-6,8,10-11,18H,2-4,7,9,16H2,1H3,(H,17,19). The van der Waals surface area contributed by atoms with Gasteiger partial charge in [-0.1, -0.05) is 19.8 Å². The van der Waals surface area contributed by atoms with Crippen LogP contribution in [0.4, 0.5) is 5.69 Å². The number of phenols is 1. The lowest BCUT2D eigenvalue weighted by Gasteiger charge is -2.26. The smallest absolute Gasteiger partial charge is 0.251 e. The topological polar surface area (TPSA) is 75.4 Å². The quantitative estimate of drug-likeness (QED) is 0.579. The predicted octanol–water partition coefficient (Wildman–Crippen LogP) is 2.53. The lowest BCUT2D eigenvalue weighted by Crippen LogP contribution is -2.31. The summed E-state index contributed by atoms with van der Waals surface area (Å²) in [4.78, 5) is 12.0. The molecule has 4 nitrogen and oxygen atoms in total. The number of nitrogens with two attached hydrogens (primary N) is 1. The molecule has 0 bridgehead atoms. The maximum atomic E-state index is 12.0. The normalized spacial score (nSPS) is 23.0. The fourth-order valence-electron chi connectivity index (χ4n) is 2.77. The molecule has 1 fully saturated rings. The number of nitrogen functional groups attached to an aromatic ring is 1. The molecule has 0 aromatic heterocycles. The lowest BCUT2D eigenvalue weighted by atomic mass is 9.82. The Morgan fingerprint density at radius 3 is 2.95 bits per heavy atom. The highest BCUT2D eigenvalue weighted by Gasteiger charge is 2.19. The highest BCUT2D eigenvalue weighted by molar-refractivity contribution is 5.95. The minimum absolute atomic E-state index is 0.0426. The summed E-state index contributed by atoms with van der Waals surface area (Å²) in [5.74, 6) is 1.15. The van der Waals surface area contributed by atoms with Gasteiger partial charge in [-0.3, -0.25) is 4.79 Å². The van der Waals surface area contributed by atoms with Gasteiger partial charge < -0.3 is 16.2 Å². The third-order valence-corrected chi connectivity index (χ3v) is 3.89. The molecule has 2 unspecified atom stereocenters. The molecule has 1 aromatic rings. The first-order valence-electron chi connectivity index (χ1n) is 6.93. The second kappa shape index (κ2) is 5.95. The Morgan fingerprint density at radius 2 is 2.26 bits per heavy atom. The predicted molar refractivity (Wildman–Crippen MR) is 76.0 cm³/mol. The molecule has 1 aliphatic rings. The summed E-state index contributed by atoms with van der Waals surface area (Å²) in [5, 5.41) is 12.4. The van der Waals surface area contributed by atoms with Gasteiger partial charge in [0.05, 0.1) is 5.69 Å². The van der Waals surface area contributed by atoms with Crippen LogP contribution in [0.25, 0.3) is 0 Å². The summed E-state index contributed by atoms with van der Waals surface area (Å²) in [5.41, 5.74) is 6.26. The van der Waals surface area contributed by atoms with Crippen molar-refractivity contribution in [3.63, 3.8) is 0 Å². The van der Waals surface area contributed by atoms with Gasteiger partial charge in [0.1, 0.15) is 5.75 Å². The number of anilines is 1. The fraction of sp³-hybridized carbons (Fsp3) is 0.533. The third kappa shape index (κ3) is 3.63. The molecule has 0 spiro atoms. The van der Waals surface area contributed by atoms with E-state index in [1.165, 1.54) is 31.7 Å². The molecular weight excluding hydrogens is 240 g/mol. The second-order valence-corrected chi connectivity index (χ2v) is 5.62. The molecule has 1 amide bonds. The van der Waals surface area contributed by atoms with Crippen LogP contribution in [0.15, 0.2) is 18.2 Å². The van der Waals surface area contributed by atoms with E-state index in [1.54, 1.807) is 12.1 Å². The van der Waals surface area contributed by atoms with E-state index < -0.39 is 0 Å². The van der Waals surface area contributed by atoms with Crippen molar-refractivity contribution in [2.24, 2.45) is 11.8 Å². The Kier molecular flexibility index (Phi) is 4.30. The van der Waals surface area contributed by atoms with Crippen molar-refractivity contribution < 1.29 is 9.90 Å². The summed E-state index contributed by atoms with van der Waals surface area (Å²) in [6.07, 6.45) is 4.94. The summed E-state index contributed by atoms with van der Waals surface area (Å²) >= 11 is 0. The van der Waals surface area contributed by atoms with E-state index >= 15 is 0 Å². The molecule has 4 N–H and O–H groups in total. The van der Waals surface area contributed by atoms with E-state index in [9.17, 15) is 9.90 Å². The van der Waals surface area contributed by atoms with Crippen LogP contribution in [0.3, 0.4) is 0 Å². The van der Waals surface area contributed by atoms with E-state index in [-0.39, 0.29) is 17.3 Å². The van der Waals surface area contributed by atoms with Gasteiger partial charge in [0, 0.05) is 12.1 Å². The molecule has 19 heavy (non-hydrogen) atoms. The first-order valence-corrected chi connectivity index (χ1v) is 6.93. The van der Waals surface area contributed by atoms with Crippen molar-refractivity contribution in [2.75, 3.05) is 12.3 Å². The van der Waals surface area contributed by atoms with Crippen LogP contribution in [0, 0.1) is 11.8 Å². The van der Waals surface area contributed by atoms with Gasteiger partial charge in [-0.15, -0.1) is 0 Å². The minimum atomic E-state index is -0.145. The summed E-state index contributed by atoms with van der Waals surface area (Å²) in [6.45, 7) is 2.99. The number of benzene rings is 1. The second-order valence-electron chi connectivity index (χ2n) is 5.62. The Balaban J connectivity index is 1.88. The molecule has 1 aliphatic carbocycles. The minimum Gasteiger partial charge on any atom is -0.506 e. The van der Waals surface area contributed by atoms with E-state index in [1.807, 2.05) is 0 Å². The largest absolute Gasteiger partial charge is 0.506 e. The summed E-state index contributed by atoms with van der Waals surface area (Å²) in [7, 11) is 0. The fourth-order valence-corrected chi connectivity index (χ4v) is 2.77. The van der Waals surface area contributed by atoms with Crippen molar-refractivity contribution >= 4 is 11.6 Å². The number of carbonyl (C=O) groups is 1. The number of hydrogen-bond donors (Lipinski definition) is 3. The van der Waals surface area contributed by atoms with Gasteiger partial charge in [0.25, 0.3) is 5.91 Å². The Labute approximate surface area is 114 Å². The van der Waals surface area contributed by atoms with Crippen molar-refractivity contribution in [1.29, 1.82) is 0 Å². The van der Waals surface area contributed by atoms with Gasteiger partial charge in [-0.05, 0) is 42.9 Å². The Bertz CT molecular complexity index is 459. The lowest BCUT2D eigenvalue weighted by molar-refractivity contribution is 0.0940. The van der Waals surface area contributed by atoms with Gasteiger partial charge in [-0.25, -0.2) is 0 Å². The van der Waals surface area contributed by atoms with Crippen molar-refractivity contribution in [3.8, 4) is 5.75 Å². The number of hydrogen-bond acceptors (Lipinski definition) is 3. The number of nitrogens with one attached hydrogen (secondary N) is 1. The highest BCUT2D eigenvalue weighted by Crippen LogP contribution is 2.28. The molecule has 2 rings (SSSR count). The average Bonchev–Trinajstić information content (AvgIpc) is 2.39. The third-order valence-electron chi connectivity index (χ3n) is 3.89. The van der Waals surface area contributed by atoms with Crippen molar-refractivity contribution in [3.05, 3.63) is 23.8 Å². The first kappa shape index (κ1) is 13.7. The van der Waals surface area contributed by atoms with Gasteiger partial charge >= 0.3 is 0 Å². The molecule has 1 saturated carbocycles. The number of carbonyl (C=O) groups excluding carboxylic acids is 1. The van der Waals surface area contributed by atoms with Crippen LogP contribution in [0.1, 0.15) is 43.0 Å². The molecule has 1 aromatic carbocycles. The van der Waals surface area contributed by atoms with E-state index in [4.69, 9.17) is 5.73 Å². The van der Waals surface area contributed by atoms with E-state index in [0.717, 1.165) is 5.92 Å². The summed E-state index contributed by atoms with van der Waals surface area (Å²) in [6, 6.07) is 4.59. The van der Waals surface area contributed by atoms with E-state index in [2.05, 4.69) is 12.2 Å². The highest BCUT2D eigenvalue weighted by atomic mass is 16.3. The molecule has 0 aliphatic heterocycles. The monoisotopic (exact) mass is 262 g/mol. The van der Waals surface area contributed by atoms with Crippen LogP contribution >= 0.6 is 0 Å². The van der Waals surface area contributed by atoms with Gasteiger partial charge in [0.15, 0.2) is 0 Å². The van der Waals surface area contributed by atoms with Gasteiger partial charge in [-0.2, -0.15) is 0 Å². The zero-order chi connectivity index (χ0) is 13.8. The van der Waals surface area contributed by atoms with Crippen LogP contribution < -0.4 is 11.1 Å². The molecule has 0 saturated heterocycles. The molecule has 2 atom stereocenters. The number of amides is 1. The number of phenolic OH excluding ortho intramolecular Hbond substituents is 1. The maximum absolute atomic E-state index is 12.0. The van der Waals surface area contributed by atoms with Crippen LogP contribution in [-0.2, 0) is 0 Å².